The van der Waals surface area contributed by atoms with Crippen LogP contribution in [0.15, 0.2) is 30.3 Å². The van der Waals surface area contributed by atoms with Gasteiger partial charge in [0, 0.05) is 6.54 Å². The van der Waals surface area contributed by atoms with Crippen molar-refractivity contribution in [3.05, 3.63) is 35.9 Å². The van der Waals surface area contributed by atoms with Crippen molar-refractivity contribution in [3.8, 4) is 0 Å². The number of amides is 3. The molecule has 33 heavy (non-hydrogen) atoms. The smallest absolute Gasteiger partial charge is 0.408 e. The van der Waals surface area contributed by atoms with Gasteiger partial charge in [-0.3, -0.25) is 14.4 Å². The fraction of sp³-hybridized carbons (Fsp3) is 0.583. The van der Waals surface area contributed by atoms with Gasteiger partial charge in [0.15, 0.2) is 0 Å². The van der Waals surface area contributed by atoms with Crippen molar-refractivity contribution in [3.63, 3.8) is 0 Å². The predicted molar refractivity (Wildman–Crippen MR) is 124 cm³/mol. The molecule has 1 aromatic carbocycles. The van der Waals surface area contributed by atoms with Gasteiger partial charge in [-0.2, -0.15) is 0 Å². The molecule has 0 spiro atoms. The third-order valence-corrected chi connectivity index (χ3v) is 4.66. The fourth-order valence-electron chi connectivity index (χ4n) is 3.17. The van der Waals surface area contributed by atoms with E-state index in [2.05, 4.69) is 15.4 Å². The third-order valence-electron chi connectivity index (χ3n) is 4.66. The molecule has 0 radical (unpaired) electrons. The van der Waals surface area contributed by atoms with Gasteiger partial charge in [0.05, 0.1) is 7.11 Å². The van der Waals surface area contributed by atoms with Gasteiger partial charge >= 0.3 is 12.1 Å². The van der Waals surface area contributed by atoms with Crippen LogP contribution in [-0.4, -0.2) is 60.6 Å². The summed E-state index contributed by atoms with van der Waals surface area (Å²) in [7, 11) is 1.23. The standard InChI is InChI=1S/C24H37N3O6/c1-8-14-27(22(30)19(16(2)3)26-23(31)33-24(4,5)6)20(17-12-10-9-11-13-17)21(29)25-15-18(28)32-7/h9-13,16,19-20H,8,14-15H2,1-7H3,(H,25,29)(H,26,31). The van der Waals surface area contributed by atoms with E-state index in [0.29, 0.717) is 12.0 Å². The first-order chi connectivity index (χ1) is 15.4. The second-order valence-corrected chi connectivity index (χ2v) is 9.01. The lowest BCUT2D eigenvalue weighted by atomic mass is 9.98. The van der Waals surface area contributed by atoms with E-state index >= 15 is 0 Å². The minimum atomic E-state index is -0.995. The van der Waals surface area contributed by atoms with E-state index in [4.69, 9.17) is 4.74 Å². The van der Waals surface area contributed by atoms with Gasteiger partial charge in [0.25, 0.3) is 0 Å². The molecule has 1 rings (SSSR count). The van der Waals surface area contributed by atoms with Crippen molar-refractivity contribution in [1.82, 2.24) is 15.5 Å². The van der Waals surface area contributed by atoms with Crippen molar-refractivity contribution in [2.45, 2.75) is 65.6 Å². The van der Waals surface area contributed by atoms with E-state index in [9.17, 15) is 19.2 Å². The van der Waals surface area contributed by atoms with Crippen LogP contribution >= 0.6 is 0 Å². The van der Waals surface area contributed by atoms with Gasteiger partial charge in [0.1, 0.15) is 24.2 Å². The average molecular weight is 464 g/mol. The van der Waals surface area contributed by atoms with Gasteiger partial charge in [-0.15, -0.1) is 0 Å². The molecule has 3 amide bonds. The van der Waals surface area contributed by atoms with Crippen LogP contribution in [0.4, 0.5) is 4.79 Å². The molecule has 9 nitrogen and oxygen atoms in total. The first-order valence-electron chi connectivity index (χ1n) is 11.1. The van der Waals surface area contributed by atoms with Gasteiger partial charge in [-0.25, -0.2) is 4.79 Å². The molecule has 2 atom stereocenters. The summed E-state index contributed by atoms with van der Waals surface area (Å²) in [5.41, 5.74) is -0.139. The van der Waals surface area contributed by atoms with Crippen LogP contribution < -0.4 is 10.6 Å². The molecule has 184 valence electrons. The number of hydrogen-bond donors (Lipinski definition) is 2. The third kappa shape index (κ3) is 9.11. The summed E-state index contributed by atoms with van der Waals surface area (Å²) in [5, 5.41) is 5.20. The molecule has 0 saturated heterocycles. The predicted octanol–water partition coefficient (Wildman–Crippen LogP) is 2.80. The highest BCUT2D eigenvalue weighted by Gasteiger charge is 2.37. The first-order valence-corrected chi connectivity index (χ1v) is 11.1. The summed E-state index contributed by atoms with van der Waals surface area (Å²) in [5.74, 6) is -1.80. The summed E-state index contributed by atoms with van der Waals surface area (Å²) in [6, 6.07) is 6.91. The highest BCUT2D eigenvalue weighted by atomic mass is 16.6. The molecule has 0 saturated carbocycles. The molecule has 2 unspecified atom stereocenters. The molecule has 0 aromatic heterocycles. The molecule has 0 bridgehead atoms. The van der Waals surface area contributed by atoms with Gasteiger partial charge in [-0.05, 0) is 38.7 Å². The minimum Gasteiger partial charge on any atom is -0.468 e. The summed E-state index contributed by atoms with van der Waals surface area (Å²) < 4.78 is 9.93. The van der Waals surface area contributed by atoms with Crippen LogP contribution in [-0.2, 0) is 23.9 Å². The number of ether oxygens (including phenoxy) is 2. The Morgan fingerprint density at radius 2 is 1.67 bits per heavy atom. The maximum Gasteiger partial charge on any atom is 0.408 e. The Kier molecular flexibility index (Phi) is 10.8. The topological polar surface area (TPSA) is 114 Å². The van der Waals surface area contributed by atoms with Crippen LogP contribution in [0.2, 0.25) is 0 Å². The molecule has 0 fully saturated rings. The van der Waals surface area contributed by atoms with Gasteiger partial charge < -0.3 is 25.0 Å². The van der Waals surface area contributed by atoms with Crippen molar-refractivity contribution < 1.29 is 28.7 Å². The number of rotatable bonds is 10. The summed E-state index contributed by atoms with van der Waals surface area (Å²) in [6.07, 6.45) is -0.131. The normalized spacial score (nSPS) is 13.0. The summed E-state index contributed by atoms with van der Waals surface area (Å²) in [6.45, 7) is 10.6. The summed E-state index contributed by atoms with van der Waals surface area (Å²) >= 11 is 0. The molecule has 1 aromatic rings. The maximum atomic E-state index is 13.7. The number of carbonyl (C=O) groups is 4. The van der Waals surface area contributed by atoms with Crippen LogP contribution in [0.3, 0.4) is 0 Å². The molecule has 0 aliphatic heterocycles. The van der Waals surface area contributed by atoms with E-state index in [1.54, 1.807) is 65.0 Å². The van der Waals surface area contributed by atoms with E-state index in [-0.39, 0.29) is 19.0 Å². The quantitative estimate of drug-likeness (QED) is 0.516. The maximum absolute atomic E-state index is 13.7. The van der Waals surface area contributed by atoms with E-state index < -0.39 is 41.6 Å². The number of methoxy groups -OCH3 is 1. The number of esters is 1. The molecular weight excluding hydrogens is 426 g/mol. The highest BCUT2D eigenvalue weighted by molar-refractivity contribution is 5.93. The SMILES string of the molecule is CCCN(C(=O)C(NC(=O)OC(C)(C)C)C(C)C)C(C(=O)NCC(=O)OC)c1ccccc1. The Morgan fingerprint density at radius 3 is 2.15 bits per heavy atom. The van der Waals surface area contributed by atoms with Gasteiger partial charge in [-0.1, -0.05) is 51.1 Å². The lowest BCUT2D eigenvalue weighted by Gasteiger charge is -2.35. The first kappa shape index (κ1) is 27.9. The number of carbonyl (C=O) groups excluding carboxylic acids is 4. The Balaban J connectivity index is 3.30. The largest absolute Gasteiger partial charge is 0.468 e. The molecule has 0 heterocycles. The number of benzene rings is 1. The zero-order valence-electron chi connectivity index (χ0n) is 20.6. The Labute approximate surface area is 196 Å². The van der Waals surface area contributed by atoms with Crippen molar-refractivity contribution in [2.75, 3.05) is 20.2 Å². The molecule has 0 aliphatic rings. The number of alkyl carbamates (subject to hydrolysis) is 1. The number of nitrogens with zero attached hydrogens (tertiary/aromatic N) is 1. The molecule has 9 heteroatoms. The molecule has 2 N–H and O–H groups in total. The fourth-order valence-corrected chi connectivity index (χ4v) is 3.17. The molecular formula is C24H37N3O6. The van der Waals surface area contributed by atoms with E-state index in [1.807, 2.05) is 6.92 Å². The zero-order chi connectivity index (χ0) is 25.2. The number of nitrogens with one attached hydrogen (secondary N) is 2. The van der Waals surface area contributed by atoms with Crippen molar-refractivity contribution >= 4 is 23.9 Å². The van der Waals surface area contributed by atoms with Crippen LogP contribution in [0, 0.1) is 5.92 Å². The van der Waals surface area contributed by atoms with Gasteiger partial charge in [0.2, 0.25) is 11.8 Å². The van der Waals surface area contributed by atoms with E-state index in [1.165, 1.54) is 12.0 Å². The molecule has 0 aliphatic carbocycles. The van der Waals surface area contributed by atoms with Crippen molar-refractivity contribution in [1.29, 1.82) is 0 Å². The highest BCUT2D eigenvalue weighted by Crippen LogP contribution is 2.24. The van der Waals surface area contributed by atoms with Crippen LogP contribution in [0.25, 0.3) is 0 Å². The van der Waals surface area contributed by atoms with Crippen LogP contribution in [0.1, 0.15) is 59.6 Å². The Hall–Kier alpha value is -3.10. The van der Waals surface area contributed by atoms with Crippen LogP contribution in [0.5, 0.6) is 0 Å². The van der Waals surface area contributed by atoms with Crippen molar-refractivity contribution in [2.24, 2.45) is 5.92 Å². The van der Waals surface area contributed by atoms with E-state index in [0.717, 1.165) is 0 Å². The monoisotopic (exact) mass is 463 g/mol. The zero-order valence-corrected chi connectivity index (χ0v) is 20.6. The Bertz CT molecular complexity index is 804. The second kappa shape index (κ2) is 12.8. The Morgan fingerprint density at radius 1 is 1.06 bits per heavy atom. The lowest BCUT2D eigenvalue weighted by Crippen LogP contribution is -2.55. The summed E-state index contributed by atoms with van der Waals surface area (Å²) in [4.78, 5) is 52.2. The lowest BCUT2D eigenvalue weighted by molar-refractivity contribution is -0.145. The minimum absolute atomic E-state index is 0.265. The average Bonchev–Trinajstić information content (AvgIpc) is 2.74. The second-order valence-electron chi connectivity index (χ2n) is 9.01. The number of hydrogen-bond acceptors (Lipinski definition) is 6.